The molecule has 45 heavy (non-hydrogen) atoms. The van der Waals surface area contributed by atoms with E-state index in [1.165, 1.54) is 0 Å². The molecule has 5 aromatic rings. The maximum absolute atomic E-state index is 11.7. The predicted molar refractivity (Wildman–Crippen MR) is 170 cm³/mol. The van der Waals surface area contributed by atoms with Crippen LogP contribution in [0.5, 0.6) is 0 Å². The number of aromatic carboxylic acids is 2. The van der Waals surface area contributed by atoms with Crippen molar-refractivity contribution in [3.05, 3.63) is 136 Å². The highest BCUT2D eigenvalue weighted by molar-refractivity contribution is 6.29. The van der Waals surface area contributed by atoms with E-state index in [9.17, 15) is 24.9 Å². The topological polar surface area (TPSA) is 104 Å². The van der Waals surface area contributed by atoms with E-state index in [0.29, 0.717) is 35.2 Å². The number of carboxylic acids is 2. The van der Waals surface area contributed by atoms with Gasteiger partial charge in [-0.2, -0.15) is 0 Å². The first kappa shape index (κ1) is 33.6. The molecule has 0 aliphatic rings. The van der Waals surface area contributed by atoms with E-state index in [1.54, 1.807) is 36.4 Å². The Hall–Kier alpha value is -4.24. The molecule has 5 rings (SSSR count). The number of carbonyl (C=O) groups is 2. The zero-order valence-electron chi connectivity index (χ0n) is 24.8. The lowest BCUT2D eigenvalue weighted by molar-refractivity contribution is -0.695. The molecule has 0 spiro atoms. The summed E-state index contributed by atoms with van der Waals surface area (Å²) < 4.78 is 4.01. The van der Waals surface area contributed by atoms with Crippen molar-refractivity contribution in [2.24, 2.45) is 0 Å². The SMILES string of the molecule is CCCCc1c(Cl)[n+](Cc2ccc(-c3ccccc3C(=O)O)cc2)c(CO)n1Cc1ccc(-c2ccccc2C(=O)O)cc1.[Br-]. The molecule has 0 radical (unpaired) electrons. The summed E-state index contributed by atoms with van der Waals surface area (Å²) in [4.78, 5) is 23.4. The fourth-order valence-corrected chi connectivity index (χ4v) is 5.92. The van der Waals surface area contributed by atoms with Crippen molar-refractivity contribution in [3.63, 3.8) is 0 Å². The standard InChI is InChI=1S/C36H33ClN2O5.BrH/c1-2-3-12-32-34(37)39(22-25-15-19-27(20-16-25)29-9-5-7-11-31(29)36(43)44)33(23-40)38(32)21-24-13-17-26(18-14-24)28-8-4-6-10-30(28)35(41)42;/h4-11,13-20,40H,2-3,12,21-23H2,1H3,(H-,41,42,43,44);1H. The van der Waals surface area contributed by atoms with Crippen molar-refractivity contribution in [2.75, 3.05) is 0 Å². The molecule has 7 nitrogen and oxygen atoms in total. The molecule has 232 valence electrons. The molecule has 0 saturated heterocycles. The van der Waals surface area contributed by atoms with Gasteiger partial charge in [-0.05, 0) is 63.5 Å². The van der Waals surface area contributed by atoms with Gasteiger partial charge < -0.3 is 32.3 Å². The average Bonchev–Trinajstić information content (AvgIpc) is 3.29. The number of hydrogen-bond acceptors (Lipinski definition) is 3. The number of carboxylic acid groups (broad SMARTS) is 2. The number of aliphatic hydroxyl groups excluding tert-OH is 1. The van der Waals surface area contributed by atoms with E-state index in [0.717, 1.165) is 47.2 Å². The zero-order chi connectivity index (χ0) is 31.2. The first-order chi connectivity index (χ1) is 21.3. The fourth-order valence-electron chi connectivity index (χ4n) is 5.57. The Kier molecular flexibility index (Phi) is 11.3. The summed E-state index contributed by atoms with van der Waals surface area (Å²) in [6, 6.07) is 29.4. The first-order valence-corrected chi connectivity index (χ1v) is 14.9. The monoisotopic (exact) mass is 688 g/mol. The normalized spacial score (nSPS) is 10.8. The van der Waals surface area contributed by atoms with Crippen molar-refractivity contribution in [3.8, 4) is 22.3 Å². The van der Waals surface area contributed by atoms with Gasteiger partial charge in [-0.1, -0.05) is 98.3 Å². The third kappa shape index (κ3) is 7.36. The van der Waals surface area contributed by atoms with Crippen LogP contribution >= 0.6 is 11.6 Å². The predicted octanol–water partition coefficient (Wildman–Crippen LogP) is 4.09. The largest absolute Gasteiger partial charge is 1.00 e. The van der Waals surface area contributed by atoms with Gasteiger partial charge in [-0.3, -0.25) is 0 Å². The van der Waals surface area contributed by atoms with E-state index < -0.39 is 11.9 Å². The van der Waals surface area contributed by atoms with Crippen LogP contribution in [-0.4, -0.2) is 31.8 Å². The molecule has 0 saturated carbocycles. The summed E-state index contributed by atoms with van der Waals surface area (Å²) in [6.45, 7) is 2.85. The third-order valence-electron chi connectivity index (χ3n) is 7.86. The maximum atomic E-state index is 11.7. The molecule has 0 fully saturated rings. The minimum Gasteiger partial charge on any atom is -1.00 e. The van der Waals surface area contributed by atoms with Gasteiger partial charge in [0, 0.05) is 6.42 Å². The summed E-state index contributed by atoms with van der Waals surface area (Å²) in [7, 11) is 0. The zero-order valence-corrected chi connectivity index (χ0v) is 27.1. The van der Waals surface area contributed by atoms with Crippen LogP contribution < -0.4 is 21.5 Å². The van der Waals surface area contributed by atoms with Crippen LogP contribution in [0, 0.1) is 0 Å². The lowest BCUT2D eigenvalue weighted by atomic mass is 9.98. The molecule has 0 atom stereocenters. The number of rotatable bonds is 12. The van der Waals surface area contributed by atoms with Gasteiger partial charge in [0.05, 0.1) is 11.1 Å². The van der Waals surface area contributed by atoms with Gasteiger partial charge in [-0.25, -0.2) is 18.7 Å². The number of nitrogens with zero attached hydrogens (tertiary/aromatic N) is 2. The number of aliphatic hydroxyl groups is 1. The molecule has 0 aliphatic carbocycles. The molecule has 0 aliphatic heterocycles. The van der Waals surface area contributed by atoms with Crippen LogP contribution in [0.3, 0.4) is 0 Å². The summed E-state index contributed by atoms with van der Waals surface area (Å²) in [6.07, 6.45) is 2.69. The number of imidazole rings is 1. The van der Waals surface area contributed by atoms with Gasteiger partial charge in [-0.15, -0.1) is 0 Å². The Labute approximate surface area is 277 Å². The molecule has 0 unspecified atom stereocenters. The molecule has 9 heteroatoms. The Morgan fingerprint density at radius 3 is 1.71 bits per heavy atom. The number of aromatic nitrogens is 2. The Morgan fingerprint density at radius 1 is 0.756 bits per heavy atom. The van der Waals surface area contributed by atoms with Crippen molar-refractivity contribution in [1.82, 2.24) is 4.57 Å². The van der Waals surface area contributed by atoms with Crippen LogP contribution in [0.2, 0.25) is 5.15 Å². The summed E-state index contributed by atoms with van der Waals surface area (Å²) in [5.74, 6) is -1.26. The molecule has 4 aromatic carbocycles. The minimum atomic E-state index is -0.972. The van der Waals surface area contributed by atoms with Crippen molar-refractivity contribution >= 4 is 23.5 Å². The third-order valence-corrected chi connectivity index (χ3v) is 8.28. The van der Waals surface area contributed by atoms with Crippen LogP contribution in [0.15, 0.2) is 97.1 Å². The molecule has 0 amide bonds. The summed E-state index contributed by atoms with van der Waals surface area (Å²) >= 11 is 7.01. The number of unbranched alkanes of at least 4 members (excludes halogenated alkanes) is 1. The second-order valence-electron chi connectivity index (χ2n) is 10.7. The summed E-state index contributed by atoms with van der Waals surface area (Å²) in [5.41, 5.74) is 6.34. The van der Waals surface area contributed by atoms with Gasteiger partial charge in [0.1, 0.15) is 19.7 Å². The average molecular weight is 690 g/mol. The van der Waals surface area contributed by atoms with Gasteiger partial charge in [0.25, 0.3) is 5.82 Å². The smallest absolute Gasteiger partial charge is 0.336 e. The van der Waals surface area contributed by atoms with Crippen LogP contribution in [0.1, 0.15) is 63.1 Å². The second-order valence-corrected chi connectivity index (χ2v) is 11.0. The quantitative estimate of drug-likeness (QED) is 0.171. The van der Waals surface area contributed by atoms with Crippen molar-refractivity contribution < 1.29 is 46.5 Å². The van der Waals surface area contributed by atoms with E-state index in [1.807, 2.05) is 65.2 Å². The lowest BCUT2D eigenvalue weighted by Crippen LogP contribution is -3.00. The Bertz CT molecular complexity index is 1800. The first-order valence-electron chi connectivity index (χ1n) is 14.6. The Balaban J connectivity index is 0.00000461. The van der Waals surface area contributed by atoms with Gasteiger partial charge in [0.2, 0.25) is 5.15 Å². The highest BCUT2D eigenvalue weighted by Crippen LogP contribution is 2.27. The van der Waals surface area contributed by atoms with E-state index in [-0.39, 0.29) is 34.7 Å². The highest BCUT2D eigenvalue weighted by Gasteiger charge is 2.29. The Morgan fingerprint density at radius 2 is 1.24 bits per heavy atom. The maximum Gasteiger partial charge on any atom is 0.336 e. The van der Waals surface area contributed by atoms with E-state index in [2.05, 4.69) is 11.5 Å². The van der Waals surface area contributed by atoms with Crippen LogP contribution in [0.25, 0.3) is 22.3 Å². The molecular weight excluding hydrogens is 656 g/mol. The minimum absolute atomic E-state index is 0. The molecule has 3 N–H and O–H groups in total. The van der Waals surface area contributed by atoms with Crippen molar-refractivity contribution in [2.45, 2.75) is 45.9 Å². The molecule has 0 bridgehead atoms. The van der Waals surface area contributed by atoms with Gasteiger partial charge >= 0.3 is 11.9 Å². The second kappa shape index (κ2) is 15.2. The number of hydrogen-bond donors (Lipinski definition) is 3. The molecular formula is C36H34BrClN2O5. The van der Waals surface area contributed by atoms with Crippen LogP contribution in [0.4, 0.5) is 0 Å². The number of halogens is 2. The van der Waals surface area contributed by atoms with E-state index >= 15 is 0 Å². The summed E-state index contributed by atoms with van der Waals surface area (Å²) in [5, 5.41) is 30.3. The number of benzene rings is 4. The molecule has 1 heterocycles. The highest BCUT2D eigenvalue weighted by atomic mass is 79.9. The fraction of sp³-hybridized carbons (Fsp3) is 0.194. The lowest BCUT2D eigenvalue weighted by Gasteiger charge is -2.09. The van der Waals surface area contributed by atoms with E-state index in [4.69, 9.17) is 11.6 Å². The molecule has 1 aromatic heterocycles. The van der Waals surface area contributed by atoms with Crippen molar-refractivity contribution in [1.29, 1.82) is 0 Å². The van der Waals surface area contributed by atoms with Crippen LogP contribution in [-0.2, 0) is 26.1 Å². The van der Waals surface area contributed by atoms with Gasteiger partial charge in [0.15, 0.2) is 5.69 Å².